The smallest absolute Gasteiger partial charge is 0.304 e. The van der Waals surface area contributed by atoms with E-state index < -0.39 is 11.4 Å². The molecule has 3 N–H and O–H groups in total. The Labute approximate surface area is 184 Å². The van der Waals surface area contributed by atoms with Crippen LogP contribution in [0.2, 0.25) is 0 Å². The van der Waals surface area contributed by atoms with Gasteiger partial charge in [0.05, 0.1) is 24.9 Å². The molecule has 0 saturated carbocycles. The second-order valence-corrected chi connectivity index (χ2v) is 8.19. The average Bonchev–Trinajstić information content (AvgIpc) is 3.22. The number of aliphatic carboxylic acids is 1. The topological polar surface area (TPSA) is 121 Å². The van der Waals surface area contributed by atoms with Crippen LogP contribution in [0.3, 0.4) is 0 Å². The summed E-state index contributed by atoms with van der Waals surface area (Å²) >= 11 is 0. The van der Waals surface area contributed by atoms with Crippen LogP contribution >= 0.6 is 0 Å². The molecular formula is C24H24N4O4. The highest BCUT2D eigenvalue weighted by Crippen LogP contribution is 2.35. The molecule has 2 heterocycles. The van der Waals surface area contributed by atoms with Crippen molar-refractivity contribution in [2.75, 3.05) is 6.61 Å². The lowest BCUT2D eigenvalue weighted by atomic mass is 9.80. The molecule has 2 aromatic carbocycles. The van der Waals surface area contributed by atoms with Crippen molar-refractivity contribution in [1.29, 1.82) is 0 Å². The first-order valence-electron chi connectivity index (χ1n) is 10.3. The molecule has 0 spiro atoms. The lowest BCUT2D eigenvalue weighted by Gasteiger charge is -2.24. The SMILES string of the molecule is CCOc1cc(-c2cccc(C(C)(C)CC(=O)O)c2)ccc1-c1nc2nc[nH]c2c(=O)[nH]1. The largest absolute Gasteiger partial charge is 0.493 e. The molecule has 0 atom stereocenters. The van der Waals surface area contributed by atoms with Crippen LogP contribution in [0.25, 0.3) is 33.7 Å². The number of rotatable bonds is 7. The number of nitrogens with one attached hydrogen (secondary N) is 2. The van der Waals surface area contributed by atoms with Crippen LogP contribution in [0.4, 0.5) is 0 Å². The number of aromatic nitrogens is 4. The number of fused-ring (bicyclic) bond motifs is 1. The van der Waals surface area contributed by atoms with E-state index in [-0.39, 0.29) is 12.0 Å². The predicted octanol–water partition coefficient (Wildman–Crippen LogP) is 4.13. The summed E-state index contributed by atoms with van der Waals surface area (Å²) in [4.78, 5) is 37.7. The fourth-order valence-electron chi connectivity index (χ4n) is 3.74. The Bertz CT molecular complexity index is 1350. The molecule has 0 unspecified atom stereocenters. The van der Waals surface area contributed by atoms with Crippen LogP contribution in [-0.2, 0) is 10.2 Å². The van der Waals surface area contributed by atoms with Gasteiger partial charge in [-0.05, 0) is 35.7 Å². The average molecular weight is 432 g/mol. The van der Waals surface area contributed by atoms with Gasteiger partial charge in [-0.15, -0.1) is 0 Å². The van der Waals surface area contributed by atoms with E-state index in [2.05, 4.69) is 19.9 Å². The lowest BCUT2D eigenvalue weighted by Crippen LogP contribution is -2.21. The number of carbonyl (C=O) groups is 1. The van der Waals surface area contributed by atoms with E-state index in [4.69, 9.17) is 4.74 Å². The fourth-order valence-corrected chi connectivity index (χ4v) is 3.74. The minimum absolute atomic E-state index is 0.0360. The summed E-state index contributed by atoms with van der Waals surface area (Å²) in [6.07, 6.45) is 1.47. The van der Waals surface area contributed by atoms with E-state index in [1.165, 1.54) is 6.33 Å². The van der Waals surface area contributed by atoms with Crippen LogP contribution in [-0.4, -0.2) is 37.6 Å². The Kier molecular flexibility index (Phi) is 5.52. The summed E-state index contributed by atoms with van der Waals surface area (Å²) in [5, 5.41) is 9.25. The maximum atomic E-state index is 12.3. The molecule has 4 aromatic rings. The number of ether oxygens (including phenoxy) is 1. The molecule has 4 rings (SSSR count). The van der Waals surface area contributed by atoms with E-state index >= 15 is 0 Å². The van der Waals surface area contributed by atoms with Crippen molar-refractivity contribution in [2.45, 2.75) is 32.6 Å². The molecule has 8 heteroatoms. The summed E-state index contributed by atoms with van der Waals surface area (Å²) < 4.78 is 5.87. The van der Waals surface area contributed by atoms with Crippen LogP contribution in [0, 0.1) is 0 Å². The van der Waals surface area contributed by atoms with Crippen LogP contribution in [0.15, 0.2) is 53.6 Å². The third-order valence-corrected chi connectivity index (χ3v) is 5.40. The normalized spacial score (nSPS) is 11.6. The Balaban J connectivity index is 1.77. The molecular weight excluding hydrogens is 408 g/mol. The van der Waals surface area contributed by atoms with Crippen LogP contribution in [0.1, 0.15) is 32.8 Å². The van der Waals surface area contributed by atoms with E-state index in [0.717, 1.165) is 16.7 Å². The van der Waals surface area contributed by atoms with Crippen LogP contribution < -0.4 is 10.3 Å². The standard InChI is InChI=1S/C24H24N4O4/c1-4-32-18-11-15(14-6-5-7-16(10-14)24(2,3)12-19(29)30)8-9-17(18)21-27-22-20(23(31)28-21)25-13-26-22/h5-11,13H,4,12H2,1-3H3,(H,29,30)(H2,25,26,27,28,31). The maximum absolute atomic E-state index is 12.3. The molecule has 0 bridgehead atoms. The van der Waals surface area contributed by atoms with Gasteiger partial charge in [-0.3, -0.25) is 9.59 Å². The van der Waals surface area contributed by atoms with Gasteiger partial charge >= 0.3 is 5.97 Å². The Morgan fingerprint density at radius 3 is 2.69 bits per heavy atom. The van der Waals surface area contributed by atoms with E-state index in [0.29, 0.717) is 34.9 Å². The first-order chi connectivity index (χ1) is 15.3. The molecule has 164 valence electrons. The van der Waals surface area contributed by atoms with E-state index in [1.54, 1.807) is 0 Å². The Hall–Kier alpha value is -3.94. The molecule has 0 amide bonds. The molecule has 0 saturated heterocycles. The molecule has 32 heavy (non-hydrogen) atoms. The first kappa shape index (κ1) is 21.3. The number of nitrogens with zero attached hydrogens (tertiary/aromatic N) is 2. The van der Waals surface area contributed by atoms with Crippen molar-refractivity contribution < 1.29 is 14.6 Å². The Morgan fingerprint density at radius 2 is 1.94 bits per heavy atom. The third kappa shape index (κ3) is 4.12. The minimum atomic E-state index is -0.834. The third-order valence-electron chi connectivity index (χ3n) is 5.40. The number of H-pyrrole nitrogens is 2. The molecule has 0 radical (unpaired) electrons. The van der Waals surface area contributed by atoms with Gasteiger partial charge in [0.1, 0.15) is 11.6 Å². The molecule has 0 aliphatic heterocycles. The van der Waals surface area contributed by atoms with Gasteiger partial charge in [0.15, 0.2) is 11.2 Å². The van der Waals surface area contributed by atoms with Gasteiger partial charge in [-0.2, -0.15) is 0 Å². The van der Waals surface area contributed by atoms with Crippen molar-refractivity contribution in [2.24, 2.45) is 0 Å². The van der Waals surface area contributed by atoms with E-state index in [1.807, 2.05) is 63.2 Å². The summed E-state index contributed by atoms with van der Waals surface area (Å²) in [7, 11) is 0. The maximum Gasteiger partial charge on any atom is 0.304 e. The minimum Gasteiger partial charge on any atom is -0.493 e. The number of benzene rings is 2. The first-order valence-corrected chi connectivity index (χ1v) is 10.3. The van der Waals surface area contributed by atoms with Crippen molar-refractivity contribution in [1.82, 2.24) is 19.9 Å². The van der Waals surface area contributed by atoms with Gasteiger partial charge in [0, 0.05) is 5.41 Å². The second kappa shape index (κ2) is 8.30. The lowest BCUT2D eigenvalue weighted by molar-refractivity contribution is -0.138. The summed E-state index contributed by atoms with van der Waals surface area (Å²) in [5.41, 5.74) is 3.29. The second-order valence-electron chi connectivity index (χ2n) is 8.19. The van der Waals surface area contributed by atoms with Gasteiger partial charge in [0.2, 0.25) is 0 Å². The number of imidazole rings is 1. The zero-order valence-corrected chi connectivity index (χ0v) is 18.1. The highest BCUT2D eigenvalue weighted by atomic mass is 16.5. The molecule has 0 fully saturated rings. The van der Waals surface area contributed by atoms with Crippen LogP contribution in [0.5, 0.6) is 5.75 Å². The molecule has 0 aliphatic rings. The summed E-state index contributed by atoms with van der Waals surface area (Å²) in [6.45, 7) is 6.17. The van der Waals surface area contributed by atoms with Crippen molar-refractivity contribution >= 4 is 17.1 Å². The quantitative estimate of drug-likeness (QED) is 0.404. The Morgan fingerprint density at radius 1 is 1.16 bits per heavy atom. The number of hydrogen-bond acceptors (Lipinski definition) is 5. The van der Waals surface area contributed by atoms with Crippen molar-refractivity contribution in [3.8, 4) is 28.3 Å². The van der Waals surface area contributed by atoms with Gasteiger partial charge < -0.3 is 19.8 Å². The number of carboxylic acid groups (broad SMARTS) is 1. The zero-order chi connectivity index (χ0) is 22.9. The number of aromatic amines is 2. The fraction of sp³-hybridized carbons (Fsp3) is 0.250. The molecule has 2 aromatic heterocycles. The predicted molar refractivity (Wildman–Crippen MR) is 122 cm³/mol. The van der Waals surface area contributed by atoms with E-state index in [9.17, 15) is 14.7 Å². The highest BCUT2D eigenvalue weighted by Gasteiger charge is 2.24. The van der Waals surface area contributed by atoms with Gasteiger partial charge in [-0.1, -0.05) is 44.2 Å². The van der Waals surface area contributed by atoms with Crippen molar-refractivity contribution in [3.05, 3.63) is 64.7 Å². The zero-order valence-electron chi connectivity index (χ0n) is 18.1. The van der Waals surface area contributed by atoms with Crippen molar-refractivity contribution in [3.63, 3.8) is 0 Å². The number of hydrogen-bond donors (Lipinski definition) is 3. The summed E-state index contributed by atoms with van der Waals surface area (Å²) in [6, 6.07) is 13.5. The van der Waals surface area contributed by atoms with Gasteiger partial charge in [0.25, 0.3) is 5.56 Å². The molecule has 0 aliphatic carbocycles. The monoisotopic (exact) mass is 432 g/mol. The summed E-state index contributed by atoms with van der Waals surface area (Å²) in [5.74, 6) is 0.123. The van der Waals surface area contributed by atoms with Gasteiger partial charge in [-0.25, -0.2) is 9.97 Å². The highest BCUT2D eigenvalue weighted by molar-refractivity contribution is 5.77. The molecule has 8 nitrogen and oxygen atoms in total. The number of carboxylic acids is 1.